The molecule has 17 heteroatoms. The first-order valence-electron chi connectivity index (χ1n) is 11.3. The maximum Gasteiger partial charge on any atom is 0.490 e. The SMILES string of the molecule is CC(=O)OCCCCOc1ccc(-c2noc(C3CCCN3C(=N)N)n2)cc1C(F)(F)F.O=C(O)C(F)(F)F. The Balaban J connectivity index is 0.000000673. The number of carbonyl (C=O) groups is 2. The van der Waals surface area contributed by atoms with Crippen molar-refractivity contribution in [2.45, 2.75) is 51.0 Å². The number of carbonyl (C=O) groups excluding carboxylic acids is 1. The van der Waals surface area contributed by atoms with Gasteiger partial charge in [-0.1, -0.05) is 5.16 Å². The first-order chi connectivity index (χ1) is 18.1. The molecule has 1 atom stereocenters. The number of alkyl halides is 6. The normalized spacial score (nSPS) is 15.4. The summed E-state index contributed by atoms with van der Waals surface area (Å²) in [5.74, 6) is -3.39. The standard InChI is InChI=1S/C20H24F3N5O4.C2HF3O2/c1-12(29)30-9-2-3-10-31-16-7-6-13(11-14(16)20(21,22)23)17-26-18(32-27-17)15-5-4-8-28(15)19(24)25;3-2(4,5)1(6)7/h6-7,11,15H,2-5,8-10H2,1H3,(H3,24,25);(H,6,7). The Labute approximate surface area is 217 Å². The van der Waals surface area contributed by atoms with Gasteiger partial charge in [0.15, 0.2) is 5.96 Å². The van der Waals surface area contributed by atoms with Crippen molar-refractivity contribution in [2.75, 3.05) is 19.8 Å². The highest BCUT2D eigenvalue weighted by Crippen LogP contribution is 2.39. The predicted molar refractivity (Wildman–Crippen MR) is 120 cm³/mol. The molecule has 1 unspecified atom stereocenters. The van der Waals surface area contributed by atoms with Crippen LogP contribution in [-0.4, -0.2) is 64.0 Å². The molecule has 1 saturated heterocycles. The predicted octanol–water partition coefficient (Wildman–Crippen LogP) is 4.14. The number of nitrogens with two attached hydrogens (primary N) is 1. The molecule has 11 nitrogen and oxygen atoms in total. The molecule has 0 saturated carbocycles. The van der Waals surface area contributed by atoms with E-state index in [1.54, 1.807) is 4.90 Å². The van der Waals surface area contributed by atoms with Crippen LogP contribution >= 0.6 is 0 Å². The second-order valence-corrected chi connectivity index (χ2v) is 8.10. The summed E-state index contributed by atoms with van der Waals surface area (Å²) in [5.41, 5.74) is 4.74. The van der Waals surface area contributed by atoms with Gasteiger partial charge in [0.1, 0.15) is 11.8 Å². The van der Waals surface area contributed by atoms with Crippen molar-refractivity contribution in [1.82, 2.24) is 15.0 Å². The van der Waals surface area contributed by atoms with Gasteiger partial charge < -0.3 is 29.7 Å². The first-order valence-corrected chi connectivity index (χ1v) is 11.3. The summed E-state index contributed by atoms with van der Waals surface area (Å²) in [6.45, 7) is 2.08. The van der Waals surface area contributed by atoms with Crippen molar-refractivity contribution in [3.8, 4) is 17.1 Å². The number of hydrogen-bond donors (Lipinski definition) is 3. The van der Waals surface area contributed by atoms with Crippen molar-refractivity contribution < 1.29 is 55.0 Å². The topological polar surface area (TPSA) is 165 Å². The van der Waals surface area contributed by atoms with E-state index in [0.29, 0.717) is 25.8 Å². The molecule has 4 N–H and O–H groups in total. The molecule has 0 aliphatic carbocycles. The molecule has 2 aromatic rings. The van der Waals surface area contributed by atoms with Gasteiger partial charge in [-0.05, 0) is 43.9 Å². The molecular weight excluding hydrogens is 544 g/mol. The number of esters is 1. The maximum atomic E-state index is 13.6. The summed E-state index contributed by atoms with van der Waals surface area (Å²) in [7, 11) is 0. The number of ether oxygens (including phenoxy) is 2. The van der Waals surface area contributed by atoms with Crippen molar-refractivity contribution in [3.63, 3.8) is 0 Å². The number of benzene rings is 1. The van der Waals surface area contributed by atoms with E-state index in [0.717, 1.165) is 12.5 Å². The van der Waals surface area contributed by atoms with E-state index in [1.807, 2.05) is 0 Å². The van der Waals surface area contributed by atoms with Crippen molar-refractivity contribution in [2.24, 2.45) is 5.73 Å². The molecule has 2 heterocycles. The minimum absolute atomic E-state index is 0.00818. The third-order valence-corrected chi connectivity index (χ3v) is 5.18. The number of nitrogens with zero attached hydrogens (tertiary/aromatic N) is 3. The van der Waals surface area contributed by atoms with Gasteiger partial charge >= 0.3 is 24.3 Å². The van der Waals surface area contributed by atoms with Crippen LogP contribution in [0.5, 0.6) is 5.75 Å². The summed E-state index contributed by atoms with van der Waals surface area (Å²) in [6, 6.07) is 3.19. The Morgan fingerprint density at radius 2 is 1.85 bits per heavy atom. The summed E-state index contributed by atoms with van der Waals surface area (Å²) in [4.78, 5) is 25.5. The lowest BCUT2D eigenvalue weighted by Gasteiger charge is -2.21. The van der Waals surface area contributed by atoms with E-state index >= 15 is 0 Å². The number of likely N-dealkylation sites (tertiary alicyclic amines) is 1. The van der Waals surface area contributed by atoms with Crippen molar-refractivity contribution >= 4 is 17.9 Å². The highest BCUT2D eigenvalue weighted by atomic mass is 19.4. The zero-order chi connectivity index (χ0) is 29.4. The van der Waals surface area contributed by atoms with Crippen LogP contribution < -0.4 is 10.5 Å². The van der Waals surface area contributed by atoms with Crippen LogP contribution in [0, 0.1) is 5.41 Å². The monoisotopic (exact) mass is 569 g/mol. The van der Waals surface area contributed by atoms with E-state index in [4.69, 9.17) is 35.0 Å². The Bertz CT molecular complexity index is 1150. The molecule has 0 spiro atoms. The molecule has 1 aliphatic heterocycles. The zero-order valence-electron chi connectivity index (χ0n) is 20.4. The fourth-order valence-electron chi connectivity index (χ4n) is 3.42. The van der Waals surface area contributed by atoms with Crippen molar-refractivity contribution in [3.05, 3.63) is 29.7 Å². The summed E-state index contributed by atoms with van der Waals surface area (Å²) in [6.07, 6.45) is -7.39. The number of carboxylic acids is 1. The Kier molecular flexibility index (Phi) is 10.5. The van der Waals surface area contributed by atoms with Crippen LogP contribution in [0.25, 0.3) is 11.4 Å². The molecule has 1 aliphatic rings. The van der Waals surface area contributed by atoms with E-state index < -0.39 is 29.9 Å². The summed E-state index contributed by atoms with van der Waals surface area (Å²) in [5, 5.41) is 18.6. The molecule has 0 radical (unpaired) electrons. The maximum absolute atomic E-state index is 13.6. The average molecular weight is 569 g/mol. The second kappa shape index (κ2) is 13.1. The molecule has 3 rings (SSSR count). The summed E-state index contributed by atoms with van der Waals surface area (Å²) < 4.78 is 87.9. The van der Waals surface area contributed by atoms with E-state index in [-0.39, 0.29) is 48.2 Å². The number of nitrogens with one attached hydrogen (secondary N) is 1. The Morgan fingerprint density at radius 3 is 2.41 bits per heavy atom. The van der Waals surface area contributed by atoms with Gasteiger partial charge in [0.25, 0.3) is 0 Å². The minimum Gasteiger partial charge on any atom is -0.493 e. The van der Waals surface area contributed by atoms with Crippen LogP contribution in [0.1, 0.15) is 50.1 Å². The van der Waals surface area contributed by atoms with Gasteiger partial charge in [0.05, 0.1) is 18.8 Å². The molecule has 1 aromatic carbocycles. The smallest absolute Gasteiger partial charge is 0.490 e. The van der Waals surface area contributed by atoms with E-state index in [1.165, 1.54) is 19.1 Å². The fraction of sp³-hybridized carbons (Fsp3) is 0.500. The van der Waals surface area contributed by atoms with Gasteiger partial charge in [-0.25, -0.2) is 4.79 Å². The van der Waals surface area contributed by atoms with Crippen LogP contribution in [0.15, 0.2) is 22.7 Å². The molecule has 0 amide bonds. The van der Waals surface area contributed by atoms with Crippen LogP contribution in [0.2, 0.25) is 0 Å². The third kappa shape index (κ3) is 9.33. The lowest BCUT2D eigenvalue weighted by atomic mass is 10.1. The minimum atomic E-state index is -5.08. The lowest BCUT2D eigenvalue weighted by Crippen LogP contribution is -2.35. The van der Waals surface area contributed by atoms with Crippen LogP contribution in [-0.2, 0) is 20.5 Å². The van der Waals surface area contributed by atoms with Gasteiger partial charge in [0, 0.05) is 19.0 Å². The second-order valence-electron chi connectivity index (χ2n) is 8.10. The highest BCUT2D eigenvalue weighted by Gasteiger charge is 2.38. The van der Waals surface area contributed by atoms with Crippen LogP contribution in [0.3, 0.4) is 0 Å². The Hall–Kier alpha value is -4.05. The molecule has 1 aromatic heterocycles. The number of unbranched alkanes of at least 4 members (excludes halogenated alkanes) is 1. The number of rotatable bonds is 8. The quantitative estimate of drug-likeness (QED) is 0.138. The third-order valence-electron chi connectivity index (χ3n) is 5.18. The molecular formula is C22H25F6N5O6. The van der Waals surface area contributed by atoms with Gasteiger partial charge in [-0.15, -0.1) is 0 Å². The average Bonchev–Trinajstić information content (AvgIpc) is 3.50. The number of guanidine groups is 1. The Morgan fingerprint density at radius 1 is 1.21 bits per heavy atom. The van der Waals surface area contributed by atoms with E-state index in [9.17, 15) is 31.1 Å². The number of hydrogen-bond acceptors (Lipinski definition) is 8. The molecule has 216 valence electrons. The zero-order valence-corrected chi connectivity index (χ0v) is 20.4. The van der Waals surface area contributed by atoms with Gasteiger partial charge in [-0.2, -0.15) is 31.3 Å². The number of carboxylic acid groups (broad SMARTS) is 1. The highest BCUT2D eigenvalue weighted by molar-refractivity contribution is 5.75. The van der Waals surface area contributed by atoms with Gasteiger partial charge in [0.2, 0.25) is 11.7 Å². The van der Waals surface area contributed by atoms with Gasteiger partial charge in [-0.3, -0.25) is 10.2 Å². The first kappa shape index (κ1) is 31.2. The lowest BCUT2D eigenvalue weighted by molar-refractivity contribution is -0.192. The largest absolute Gasteiger partial charge is 0.493 e. The number of aromatic nitrogens is 2. The number of aliphatic carboxylic acids is 1. The van der Waals surface area contributed by atoms with E-state index in [2.05, 4.69) is 10.1 Å². The fourth-order valence-corrected chi connectivity index (χ4v) is 3.42. The summed E-state index contributed by atoms with van der Waals surface area (Å²) >= 11 is 0. The van der Waals surface area contributed by atoms with Crippen LogP contribution in [0.4, 0.5) is 26.3 Å². The molecule has 0 bridgehead atoms. The molecule has 1 fully saturated rings. The number of halogens is 6. The molecule has 39 heavy (non-hydrogen) atoms. The van der Waals surface area contributed by atoms with Crippen molar-refractivity contribution in [1.29, 1.82) is 5.41 Å².